The highest BCUT2D eigenvalue weighted by atomic mass is 35.5. The van der Waals surface area contributed by atoms with Crippen LogP contribution in [0.3, 0.4) is 0 Å². The molecule has 1 saturated carbocycles. The van der Waals surface area contributed by atoms with Crippen LogP contribution in [0.15, 0.2) is 0 Å². The molecule has 1 aliphatic carbocycles. The maximum atomic E-state index is 11.1. The van der Waals surface area contributed by atoms with E-state index in [1.165, 1.54) is 0 Å². The summed E-state index contributed by atoms with van der Waals surface area (Å²) < 4.78 is 0. The van der Waals surface area contributed by atoms with Gasteiger partial charge in [0.1, 0.15) is 5.38 Å². The predicted octanol–water partition coefficient (Wildman–Crippen LogP) is 0.643. The number of aliphatic hydroxyl groups is 1. The first-order valence-electron chi connectivity index (χ1n) is 4.24. The minimum absolute atomic E-state index is 0.0845. The summed E-state index contributed by atoms with van der Waals surface area (Å²) in [4.78, 5) is 11.1. The maximum Gasteiger partial charge on any atom is 0.238 e. The zero-order valence-electron chi connectivity index (χ0n) is 7.09. The summed E-state index contributed by atoms with van der Waals surface area (Å²) >= 11 is 5.56. The van der Waals surface area contributed by atoms with E-state index in [2.05, 4.69) is 5.32 Å². The summed E-state index contributed by atoms with van der Waals surface area (Å²) in [5, 5.41) is 11.6. The number of carbonyl (C=O) groups excluding carboxylic acids is 1. The number of aliphatic hydroxyl groups excluding tert-OH is 1. The lowest BCUT2D eigenvalue weighted by molar-refractivity contribution is -0.121. The fourth-order valence-corrected chi connectivity index (χ4v) is 1.47. The zero-order chi connectivity index (χ0) is 9.14. The highest BCUT2D eigenvalue weighted by Gasteiger charge is 2.27. The van der Waals surface area contributed by atoms with Gasteiger partial charge >= 0.3 is 0 Å². The van der Waals surface area contributed by atoms with Crippen molar-refractivity contribution in [2.24, 2.45) is 0 Å². The number of rotatable bonds is 2. The van der Waals surface area contributed by atoms with E-state index in [0.29, 0.717) is 0 Å². The lowest BCUT2D eigenvalue weighted by Gasteiger charge is -2.16. The first-order chi connectivity index (χ1) is 5.61. The largest absolute Gasteiger partial charge is 0.391 e. The molecule has 0 saturated heterocycles. The van der Waals surface area contributed by atoms with E-state index in [4.69, 9.17) is 11.6 Å². The Morgan fingerprint density at radius 3 is 2.75 bits per heavy atom. The molecule has 70 valence electrons. The van der Waals surface area contributed by atoms with Gasteiger partial charge in [0.05, 0.1) is 12.1 Å². The van der Waals surface area contributed by atoms with Crippen LogP contribution in [-0.4, -0.2) is 28.5 Å². The molecule has 1 fully saturated rings. The van der Waals surface area contributed by atoms with Crippen LogP contribution in [0.2, 0.25) is 0 Å². The van der Waals surface area contributed by atoms with E-state index in [9.17, 15) is 9.90 Å². The van der Waals surface area contributed by atoms with Crippen molar-refractivity contribution in [2.45, 2.75) is 43.7 Å². The molecule has 0 spiro atoms. The van der Waals surface area contributed by atoms with Gasteiger partial charge in [0.2, 0.25) is 5.91 Å². The van der Waals surface area contributed by atoms with Crippen LogP contribution in [0.5, 0.6) is 0 Å². The van der Waals surface area contributed by atoms with Crippen molar-refractivity contribution in [1.29, 1.82) is 0 Å². The van der Waals surface area contributed by atoms with E-state index in [1.807, 2.05) is 0 Å². The second-order valence-corrected chi connectivity index (χ2v) is 3.88. The molecular weight excluding hydrogens is 178 g/mol. The third-order valence-electron chi connectivity index (χ3n) is 2.17. The molecule has 0 aliphatic heterocycles. The SMILES string of the molecule is CC(Cl)C(=O)NC1CCCC1O. The summed E-state index contributed by atoms with van der Waals surface area (Å²) in [5.41, 5.74) is 0. The molecule has 12 heavy (non-hydrogen) atoms. The monoisotopic (exact) mass is 191 g/mol. The molecular formula is C8H14ClNO2. The summed E-state index contributed by atoms with van der Waals surface area (Å²) in [6, 6.07) is -0.0845. The Morgan fingerprint density at radius 1 is 1.67 bits per heavy atom. The lowest BCUT2D eigenvalue weighted by Crippen LogP contribution is -2.42. The van der Waals surface area contributed by atoms with Gasteiger partial charge in [0.25, 0.3) is 0 Å². The van der Waals surface area contributed by atoms with Crippen molar-refractivity contribution < 1.29 is 9.90 Å². The van der Waals surface area contributed by atoms with E-state index >= 15 is 0 Å². The zero-order valence-corrected chi connectivity index (χ0v) is 7.84. The van der Waals surface area contributed by atoms with Gasteiger partial charge < -0.3 is 10.4 Å². The van der Waals surface area contributed by atoms with Gasteiger partial charge in [-0.25, -0.2) is 0 Å². The first kappa shape index (κ1) is 9.81. The molecule has 1 amide bonds. The molecule has 0 aromatic heterocycles. The molecule has 4 heteroatoms. The number of hydrogen-bond donors (Lipinski definition) is 2. The van der Waals surface area contributed by atoms with Crippen molar-refractivity contribution >= 4 is 17.5 Å². The Morgan fingerprint density at radius 2 is 2.33 bits per heavy atom. The van der Waals surface area contributed by atoms with Crippen molar-refractivity contribution in [3.8, 4) is 0 Å². The molecule has 0 radical (unpaired) electrons. The lowest BCUT2D eigenvalue weighted by atomic mass is 10.2. The van der Waals surface area contributed by atoms with Crippen LogP contribution >= 0.6 is 11.6 Å². The van der Waals surface area contributed by atoms with E-state index < -0.39 is 5.38 Å². The van der Waals surface area contributed by atoms with E-state index in [-0.39, 0.29) is 18.1 Å². The van der Waals surface area contributed by atoms with Crippen molar-refractivity contribution in [3.63, 3.8) is 0 Å². The van der Waals surface area contributed by atoms with Crippen molar-refractivity contribution in [2.75, 3.05) is 0 Å². The van der Waals surface area contributed by atoms with Gasteiger partial charge in [-0.15, -0.1) is 11.6 Å². The quantitative estimate of drug-likeness (QED) is 0.630. The molecule has 2 N–H and O–H groups in total. The minimum atomic E-state index is -0.516. The fraction of sp³-hybridized carbons (Fsp3) is 0.875. The van der Waals surface area contributed by atoms with Gasteiger partial charge in [-0.3, -0.25) is 4.79 Å². The summed E-state index contributed by atoms with van der Waals surface area (Å²) in [6.45, 7) is 1.62. The molecule has 0 aromatic rings. The fourth-order valence-electron chi connectivity index (χ4n) is 1.41. The van der Waals surface area contributed by atoms with Gasteiger partial charge in [-0.1, -0.05) is 0 Å². The second kappa shape index (κ2) is 4.10. The van der Waals surface area contributed by atoms with Gasteiger partial charge in [0, 0.05) is 0 Å². The number of alkyl halides is 1. The van der Waals surface area contributed by atoms with Crippen LogP contribution in [0, 0.1) is 0 Å². The molecule has 3 unspecified atom stereocenters. The molecule has 1 rings (SSSR count). The Hall–Kier alpha value is -0.280. The smallest absolute Gasteiger partial charge is 0.238 e. The Bertz CT molecular complexity index is 172. The highest BCUT2D eigenvalue weighted by Crippen LogP contribution is 2.18. The van der Waals surface area contributed by atoms with Crippen LogP contribution < -0.4 is 5.32 Å². The van der Waals surface area contributed by atoms with Gasteiger partial charge in [-0.2, -0.15) is 0 Å². The number of nitrogens with one attached hydrogen (secondary N) is 1. The van der Waals surface area contributed by atoms with E-state index in [1.54, 1.807) is 6.92 Å². The standard InChI is InChI=1S/C8H14ClNO2/c1-5(9)8(12)10-6-3-2-4-7(6)11/h5-7,11H,2-4H2,1H3,(H,10,12). The van der Waals surface area contributed by atoms with Crippen molar-refractivity contribution in [3.05, 3.63) is 0 Å². The summed E-state index contributed by atoms with van der Waals surface area (Å²) in [7, 11) is 0. The molecule has 3 atom stereocenters. The topological polar surface area (TPSA) is 49.3 Å². The Balaban J connectivity index is 2.35. The maximum absolute atomic E-state index is 11.1. The third kappa shape index (κ3) is 2.35. The predicted molar refractivity (Wildman–Crippen MR) is 47.1 cm³/mol. The normalized spacial score (nSPS) is 31.6. The Kier molecular flexibility index (Phi) is 3.35. The van der Waals surface area contributed by atoms with Crippen molar-refractivity contribution in [1.82, 2.24) is 5.32 Å². The van der Waals surface area contributed by atoms with E-state index in [0.717, 1.165) is 19.3 Å². The first-order valence-corrected chi connectivity index (χ1v) is 4.67. The average molecular weight is 192 g/mol. The van der Waals surface area contributed by atoms with Gasteiger partial charge in [0.15, 0.2) is 0 Å². The number of amides is 1. The molecule has 0 aromatic carbocycles. The minimum Gasteiger partial charge on any atom is -0.391 e. The molecule has 3 nitrogen and oxygen atoms in total. The van der Waals surface area contributed by atoms with Gasteiger partial charge in [-0.05, 0) is 26.2 Å². The van der Waals surface area contributed by atoms with Crippen LogP contribution in [0.25, 0.3) is 0 Å². The average Bonchev–Trinajstić information content (AvgIpc) is 2.36. The number of halogens is 1. The molecule has 1 aliphatic rings. The summed E-state index contributed by atoms with van der Waals surface area (Å²) in [5.74, 6) is -0.192. The third-order valence-corrected chi connectivity index (χ3v) is 2.37. The number of carbonyl (C=O) groups is 1. The second-order valence-electron chi connectivity index (χ2n) is 3.23. The number of hydrogen-bond acceptors (Lipinski definition) is 2. The van der Waals surface area contributed by atoms with Crippen LogP contribution in [0.4, 0.5) is 0 Å². The Labute approximate surface area is 77.1 Å². The molecule has 0 heterocycles. The highest BCUT2D eigenvalue weighted by molar-refractivity contribution is 6.30. The summed E-state index contributed by atoms with van der Waals surface area (Å²) in [6.07, 6.45) is 2.23. The van der Waals surface area contributed by atoms with Crippen LogP contribution in [0.1, 0.15) is 26.2 Å². The van der Waals surface area contributed by atoms with Crippen LogP contribution in [-0.2, 0) is 4.79 Å². The molecule has 0 bridgehead atoms.